The van der Waals surface area contributed by atoms with Gasteiger partial charge >= 0.3 is 0 Å². The fraction of sp³-hybridized carbons (Fsp3) is 0.269. The molecular weight excluding hydrogens is 370 g/mol. The molecule has 0 atom stereocenters. The van der Waals surface area contributed by atoms with Gasteiger partial charge in [0.05, 0.1) is 17.9 Å². The molecule has 1 aliphatic rings. The number of anilines is 3. The Labute approximate surface area is 178 Å². The van der Waals surface area contributed by atoms with E-state index >= 15 is 0 Å². The van der Waals surface area contributed by atoms with Crippen LogP contribution in [0, 0.1) is 0 Å². The van der Waals surface area contributed by atoms with Crippen molar-refractivity contribution >= 4 is 23.0 Å². The number of carbonyl (C=O) groups excluding carboxylic acids is 1. The van der Waals surface area contributed by atoms with Gasteiger partial charge in [0, 0.05) is 18.8 Å². The van der Waals surface area contributed by atoms with Gasteiger partial charge in [-0.25, -0.2) is 0 Å². The van der Waals surface area contributed by atoms with E-state index < -0.39 is 0 Å². The molecule has 4 heteroatoms. The molecule has 0 radical (unpaired) electrons. The van der Waals surface area contributed by atoms with Gasteiger partial charge in [-0.1, -0.05) is 60.7 Å². The Kier molecular flexibility index (Phi) is 6.65. The van der Waals surface area contributed by atoms with Gasteiger partial charge in [-0.15, -0.1) is 0 Å². The third-order valence-electron chi connectivity index (χ3n) is 5.57. The summed E-state index contributed by atoms with van der Waals surface area (Å²) < 4.78 is 0. The number of nitrogens with zero attached hydrogens (tertiary/aromatic N) is 1. The summed E-state index contributed by atoms with van der Waals surface area (Å²) in [6, 6.07) is 26.6. The van der Waals surface area contributed by atoms with E-state index in [4.69, 9.17) is 0 Å². The highest BCUT2D eigenvalue weighted by molar-refractivity contribution is 5.95. The third kappa shape index (κ3) is 5.20. The van der Waals surface area contributed by atoms with Crippen LogP contribution in [0.4, 0.5) is 17.1 Å². The van der Waals surface area contributed by atoms with Crippen molar-refractivity contribution < 1.29 is 4.79 Å². The minimum atomic E-state index is -0.0380. The van der Waals surface area contributed by atoms with E-state index in [9.17, 15) is 4.79 Å². The van der Waals surface area contributed by atoms with Crippen molar-refractivity contribution in [1.29, 1.82) is 0 Å². The van der Waals surface area contributed by atoms with Crippen LogP contribution in [0.15, 0.2) is 78.9 Å². The van der Waals surface area contributed by atoms with Crippen LogP contribution in [-0.4, -0.2) is 25.5 Å². The van der Waals surface area contributed by atoms with Gasteiger partial charge in [-0.3, -0.25) is 4.79 Å². The third-order valence-corrected chi connectivity index (χ3v) is 5.57. The largest absolute Gasteiger partial charge is 0.374 e. The van der Waals surface area contributed by atoms with Gasteiger partial charge in [0.25, 0.3) is 0 Å². The molecular formula is C26H29N3O. The number of carbonyl (C=O) groups is 1. The van der Waals surface area contributed by atoms with Crippen molar-refractivity contribution in [2.75, 3.05) is 35.2 Å². The first-order valence-electron chi connectivity index (χ1n) is 10.8. The van der Waals surface area contributed by atoms with E-state index in [0.717, 1.165) is 36.4 Å². The minimum absolute atomic E-state index is 0.0380. The molecule has 3 aromatic carbocycles. The van der Waals surface area contributed by atoms with Crippen molar-refractivity contribution in [2.45, 2.75) is 25.7 Å². The Morgan fingerprint density at radius 3 is 2.23 bits per heavy atom. The van der Waals surface area contributed by atoms with Crippen molar-refractivity contribution in [3.8, 4) is 0 Å². The maximum Gasteiger partial charge on any atom is 0.243 e. The average molecular weight is 400 g/mol. The van der Waals surface area contributed by atoms with Gasteiger partial charge in [-0.2, -0.15) is 0 Å². The molecule has 4 nitrogen and oxygen atoms in total. The molecule has 0 bridgehead atoms. The quantitative estimate of drug-likeness (QED) is 0.565. The minimum Gasteiger partial charge on any atom is -0.374 e. The Balaban J connectivity index is 1.39. The second-order valence-corrected chi connectivity index (χ2v) is 7.79. The number of hydrogen-bond acceptors (Lipinski definition) is 3. The summed E-state index contributed by atoms with van der Waals surface area (Å²) >= 11 is 0. The molecule has 154 valence electrons. The van der Waals surface area contributed by atoms with Crippen LogP contribution in [0.1, 0.15) is 30.4 Å². The smallest absolute Gasteiger partial charge is 0.243 e. The van der Waals surface area contributed by atoms with Crippen molar-refractivity contribution in [1.82, 2.24) is 0 Å². The van der Waals surface area contributed by atoms with E-state index in [0.29, 0.717) is 0 Å². The summed E-state index contributed by atoms with van der Waals surface area (Å²) in [4.78, 5) is 15.1. The molecule has 0 unspecified atom stereocenters. The molecule has 1 saturated heterocycles. The lowest BCUT2D eigenvalue weighted by molar-refractivity contribution is -0.114. The Morgan fingerprint density at radius 2 is 1.43 bits per heavy atom. The topological polar surface area (TPSA) is 44.4 Å². The number of nitrogens with one attached hydrogen (secondary N) is 2. The lowest BCUT2D eigenvalue weighted by atomic mass is 10.0. The van der Waals surface area contributed by atoms with Crippen LogP contribution in [0.2, 0.25) is 0 Å². The molecule has 3 aromatic rings. The number of hydrogen-bond donors (Lipinski definition) is 2. The molecule has 1 heterocycles. The Hall–Kier alpha value is -3.27. The molecule has 1 amide bonds. The summed E-state index contributed by atoms with van der Waals surface area (Å²) in [5.41, 5.74) is 5.43. The molecule has 0 aliphatic carbocycles. The monoisotopic (exact) mass is 399 g/mol. The average Bonchev–Trinajstić information content (AvgIpc) is 2.80. The standard InChI is InChI=1S/C26H29N3O/c30-26(20-27-24-15-7-8-16-25(24)29-17-9-2-10-18-29)28-23-14-6-5-13-22(23)19-21-11-3-1-4-12-21/h1,3-8,11-16,27H,2,9-10,17-20H2,(H,28,30). The van der Waals surface area contributed by atoms with Gasteiger partial charge in [0.15, 0.2) is 0 Å². The second-order valence-electron chi connectivity index (χ2n) is 7.79. The van der Waals surface area contributed by atoms with Gasteiger partial charge in [0.2, 0.25) is 5.91 Å². The van der Waals surface area contributed by atoms with Crippen LogP contribution in [-0.2, 0) is 11.2 Å². The zero-order valence-electron chi connectivity index (χ0n) is 17.3. The van der Waals surface area contributed by atoms with Crippen LogP contribution >= 0.6 is 0 Å². The zero-order chi connectivity index (χ0) is 20.6. The zero-order valence-corrected chi connectivity index (χ0v) is 17.3. The second kappa shape index (κ2) is 9.97. The van der Waals surface area contributed by atoms with Gasteiger partial charge < -0.3 is 15.5 Å². The van der Waals surface area contributed by atoms with Gasteiger partial charge in [-0.05, 0) is 55.0 Å². The molecule has 0 spiro atoms. The molecule has 30 heavy (non-hydrogen) atoms. The van der Waals surface area contributed by atoms with E-state index in [2.05, 4.69) is 51.9 Å². The molecule has 1 aliphatic heterocycles. The predicted molar refractivity (Wildman–Crippen MR) is 125 cm³/mol. The first kappa shape index (κ1) is 20.0. The summed E-state index contributed by atoms with van der Waals surface area (Å²) in [5.74, 6) is -0.0380. The van der Waals surface area contributed by atoms with E-state index in [1.165, 1.54) is 30.5 Å². The number of para-hydroxylation sites is 3. The van der Waals surface area contributed by atoms with E-state index in [1.54, 1.807) is 0 Å². The number of benzene rings is 3. The fourth-order valence-electron chi connectivity index (χ4n) is 4.02. The number of amides is 1. The summed E-state index contributed by atoms with van der Waals surface area (Å²) in [6.07, 6.45) is 4.56. The lowest BCUT2D eigenvalue weighted by Crippen LogP contribution is -2.30. The van der Waals surface area contributed by atoms with Crippen molar-refractivity contribution in [3.63, 3.8) is 0 Å². The number of piperidine rings is 1. The Morgan fingerprint density at radius 1 is 0.767 bits per heavy atom. The highest BCUT2D eigenvalue weighted by atomic mass is 16.1. The highest BCUT2D eigenvalue weighted by Crippen LogP contribution is 2.28. The fourth-order valence-corrected chi connectivity index (χ4v) is 4.02. The lowest BCUT2D eigenvalue weighted by Gasteiger charge is -2.30. The van der Waals surface area contributed by atoms with Crippen LogP contribution in [0.3, 0.4) is 0 Å². The van der Waals surface area contributed by atoms with E-state index in [1.807, 2.05) is 42.5 Å². The summed E-state index contributed by atoms with van der Waals surface area (Å²) in [5, 5.41) is 6.43. The SMILES string of the molecule is O=C(CNc1ccccc1N1CCCCC1)Nc1ccccc1Cc1ccccc1. The summed E-state index contributed by atoms with van der Waals surface area (Å²) in [7, 11) is 0. The normalized spacial score (nSPS) is 13.7. The molecule has 2 N–H and O–H groups in total. The van der Waals surface area contributed by atoms with Crippen LogP contribution in [0.5, 0.6) is 0 Å². The van der Waals surface area contributed by atoms with Crippen molar-refractivity contribution in [3.05, 3.63) is 90.0 Å². The highest BCUT2D eigenvalue weighted by Gasteiger charge is 2.15. The van der Waals surface area contributed by atoms with Gasteiger partial charge in [0.1, 0.15) is 0 Å². The number of rotatable bonds is 7. The summed E-state index contributed by atoms with van der Waals surface area (Å²) in [6.45, 7) is 2.40. The first-order chi connectivity index (χ1) is 14.8. The molecule has 4 rings (SSSR count). The predicted octanol–water partition coefficient (Wildman–Crippen LogP) is 5.32. The van der Waals surface area contributed by atoms with Crippen molar-refractivity contribution in [2.24, 2.45) is 0 Å². The first-order valence-corrected chi connectivity index (χ1v) is 10.8. The molecule has 0 saturated carbocycles. The Bertz CT molecular complexity index is 965. The van der Waals surface area contributed by atoms with Crippen LogP contribution in [0.25, 0.3) is 0 Å². The maximum absolute atomic E-state index is 12.7. The van der Waals surface area contributed by atoms with E-state index in [-0.39, 0.29) is 12.5 Å². The van der Waals surface area contributed by atoms with Crippen LogP contribution < -0.4 is 15.5 Å². The maximum atomic E-state index is 12.7. The molecule has 0 aromatic heterocycles. The molecule has 1 fully saturated rings.